The molecule has 122 valence electrons. The molecule has 1 aliphatic rings. The molecule has 1 amide bonds. The van der Waals surface area contributed by atoms with Gasteiger partial charge in [-0.3, -0.25) is 9.78 Å². The van der Waals surface area contributed by atoms with Crippen molar-refractivity contribution < 1.29 is 9.21 Å². The van der Waals surface area contributed by atoms with Crippen LogP contribution in [0, 0.1) is 0 Å². The number of piperidine rings is 1. The Hall–Kier alpha value is -1.89. The number of likely N-dealkylation sites (tertiary alicyclic amines) is 1. The third-order valence-electron chi connectivity index (χ3n) is 4.12. The van der Waals surface area contributed by atoms with Crippen molar-refractivity contribution in [1.29, 1.82) is 0 Å². The molecule has 0 aromatic carbocycles. The molecular weight excluding hydrogens is 312 g/mol. The van der Waals surface area contributed by atoms with Crippen LogP contribution in [0.1, 0.15) is 33.1 Å². The van der Waals surface area contributed by atoms with Crippen molar-refractivity contribution in [2.75, 3.05) is 5.75 Å². The summed E-state index contributed by atoms with van der Waals surface area (Å²) in [6.07, 6.45) is 6.70. The van der Waals surface area contributed by atoms with E-state index in [0.29, 0.717) is 29.0 Å². The number of pyridine rings is 1. The van der Waals surface area contributed by atoms with E-state index in [-0.39, 0.29) is 5.91 Å². The molecule has 0 spiro atoms. The first-order valence-electron chi connectivity index (χ1n) is 7.83. The summed E-state index contributed by atoms with van der Waals surface area (Å²) in [5.74, 6) is 0.882. The van der Waals surface area contributed by atoms with Crippen molar-refractivity contribution in [3.8, 4) is 11.5 Å². The normalized spacial score (nSPS) is 21.4. The van der Waals surface area contributed by atoms with Crippen LogP contribution >= 0.6 is 11.8 Å². The smallest absolute Gasteiger partial charge is 0.277 e. The van der Waals surface area contributed by atoms with Crippen LogP contribution in [-0.4, -0.2) is 43.8 Å². The molecule has 2 atom stereocenters. The Kier molecular flexibility index (Phi) is 4.95. The summed E-state index contributed by atoms with van der Waals surface area (Å²) in [7, 11) is 0. The molecule has 0 N–H and O–H groups in total. The van der Waals surface area contributed by atoms with Crippen molar-refractivity contribution in [3.05, 3.63) is 24.5 Å². The highest BCUT2D eigenvalue weighted by molar-refractivity contribution is 7.99. The van der Waals surface area contributed by atoms with E-state index in [1.54, 1.807) is 12.4 Å². The van der Waals surface area contributed by atoms with Crippen molar-refractivity contribution >= 4 is 17.7 Å². The lowest BCUT2D eigenvalue weighted by Crippen LogP contribution is -2.48. The van der Waals surface area contributed by atoms with Gasteiger partial charge in [0.15, 0.2) is 0 Å². The van der Waals surface area contributed by atoms with E-state index in [1.165, 1.54) is 18.2 Å². The summed E-state index contributed by atoms with van der Waals surface area (Å²) in [5.41, 5.74) is 0.774. The molecule has 0 unspecified atom stereocenters. The van der Waals surface area contributed by atoms with Gasteiger partial charge in [-0.05, 0) is 45.2 Å². The first-order chi connectivity index (χ1) is 11.1. The maximum atomic E-state index is 12.5. The molecule has 0 saturated carbocycles. The lowest BCUT2D eigenvalue weighted by atomic mass is 9.98. The third-order valence-corrected chi connectivity index (χ3v) is 4.92. The topological polar surface area (TPSA) is 72.1 Å². The van der Waals surface area contributed by atoms with Crippen LogP contribution in [-0.2, 0) is 4.79 Å². The molecule has 0 bridgehead atoms. The second-order valence-corrected chi connectivity index (χ2v) is 6.76. The number of hydrogen-bond acceptors (Lipinski definition) is 6. The average molecular weight is 332 g/mol. The molecule has 2 aromatic rings. The maximum Gasteiger partial charge on any atom is 0.277 e. The van der Waals surface area contributed by atoms with Gasteiger partial charge in [0.1, 0.15) is 0 Å². The van der Waals surface area contributed by atoms with E-state index < -0.39 is 0 Å². The number of amides is 1. The van der Waals surface area contributed by atoms with Gasteiger partial charge in [0, 0.05) is 24.5 Å². The number of hydrogen-bond donors (Lipinski definition) is 0. The molecule has 1 saturated heterocycles. The molecule has 1 aliphatic heterocycles. The Morgan fingerprint density at radius 1 is 1.35 bits per heavy atom. The van der Waals surface area contributed by atoms with Gasteiger partial charge in [0.2, 0.25) is 11.8 Å². The summed E-state index contributed by atoms with van der Waals surface area (Å²) in [6.45, 7) is 4.23. The highest BCUT2D eigenvalue weighted by atomic mass is 32.2. The summed E-state index contributed by atoms with van der Waals surface area (Å²) in [5, 5.41) is 8.41. The zero-order chi connectivity index (χ0) is 16.2. The Bertz CT molecular complexity index is 651. The van der Waals surface area contributed by atoms with Gasteiger partial charge in [-0.15, -0.1) is 10.2 Å². The Balaban J connectivity index is 1.60. The standard InChI is InChI=1S/C16H20N4O2S/c1-11-5-3-6-12(2)20(11)14(21)10-23-16-19-18-15(22-16)13-7-4-8-17-9-13/h4,7-9,11-12H,3,5-6,10H2,1-2H3/t11-,12-/m0/s1. The summed E-state index contributed by atoms with van der Waals surface area (Å²) < 4.78 is 5.59. The Morgan fingerprint density at radius 3 is 2.83 bits per heavy atom. The predicted molar refractivity (Wildman–Crippen MR) is 87.9 cm³/mol. The fourth-order valence-corrected chi connectivity index (χ4v) is 3.62. The molecule has 6 nitrogen and oxygen atoms in total. The average Bonchev–Trinajstić information content (AvgIpc) is 3.02. The van der Waals surface area contributed by atoms with E-state index in [0.717, 1.165) is 18.4 Å². The number of nitrogens with zero attached hydrogens (tertiary/aromatic N) is 4. The largest absolute Gasteiger partial charge is 0.411 e. The molecular formula is C16H20N4O2S. The van der Waals surface area contributed by atoms with Crippen LogP contribution < -0.4 is 0 Å². The molecule has 23 heavy (non-hydrogen) atoms. The number of thioether (sulfide) groups is 1. The van der Waals surface area contributed by atoms with Crippen molar-refractivity contribution in [1.82, 2.24) is 20.1 Å². The first-order valence-corrected chi connectivity index (χ1v) is 8.81. The zero-order valence-electron chi connectivity index (χ0n) is 13.3. The fraction of sp³-hybridized carbons (Fsp3) is 0.500. The van der Waals surface area contributed by atoms with Gasteiger partial charge in [-0.1, -0.05) is 11.8 Å². The van der Waals surface area contributed by atoms with E-state index >= 15 is 0 Å². The van der Waals surface area contributed by atoms with Crippen LogP contribution in [0.25, 0.3) is 11.5 Å². The summed E-state index contributed by atoms with van der Waals surface area (Å²) in [6, 6.07) is 4.28. The van der Waals surface area contributed by atoms with Gasteiger partial charge in [0.25, 0.3) is 5.22 Å². The number of carbonyl (C=O) groups excluding carboxylic acids is 1. The van der Waals surface area contributed by atoms with Crippen LogP contribution in [0.5, 0.6) is 0 Å². The Morgan fingerprint density at radius 2 is 2.13 bits per heavy atom. The van der Waals surface area contributed by atoms with Gasteiger partial charge in [0.05, 0.1) is 11.3 Å². The second kappa shape index (κ2) is 7.12. The van der Waals surface area contributed by atoms with Crippen molar-refractivity contribution in [2.24, 2.45) is 0 Å². The maximum absolute atomic E-state index is 12.5. The van der Waals surface area contributed by atoms with Crippen LogP contribution in [0.4, 0.5) is 0 Å². The number of rotatable bonds is 4. The quantitative estimate of drug-likeness (QED) is 0.802. The van der Waals surface area contributed by atoms with Crippen molar-refractivity contribution in [3.63, 3.8) is 0 Å². The monoisotopic (exact) mass is 332 g/mol. The van der Waals surface area contributed by atoms with E-state index in [4.69, 9.17) is 4.42 Å². The zero-order valence-corrected chi connectivity index (χ0v) is 14.1. The fourth-order valence-electron chi connectivity index (χ4n) is 2.98. The minimum atomic E-state index is 0.135. The number of carbonyl (C=O) groups is 1. The SMILES string of the molecule is C[C@H]1CCC[C@H](C)N1C(=O)CSc1nnc(-c2cccnc2)o1. The third kappa shape index (κ3) is 3.72. The molecule has 0 aliphatic carbocycles. The molecule has 3 heterocycles. The van der Waals surface area contributed by atoms with Gasteiger partial charge < -0.3 is 9.32 Å². The second-order valence-electron chi connectivity index (χ2n) is 5.83. The minimum absolute atomic E-state index is 0.135. The van der Waals surface area contributed by atoms with Gasteiger partial charge >= 0.3 is 0 Å². The highest BCUT2D eigenvalue weighted by Gasteiger charge is 2.29. The highest BCUT2D eigenvalue weighted by Crippen LogP contribution is 2.26. The lowest BCUT2D eigenvalue weighted by molar-refractivity contribution is -0.134. The molecule has 1 fully saturated rings. The summed E-state index contributed by atoms with van der Waals surface area (Å²) in [4.78, 5) is 18.5. The molecule has 7 heteroatoms. The van der Waals surface area contributed by atoms with E-state index in [1.807, 2.05) is 17.0 Å². The summed E-state index contributed by atoms with van der Waals surface area (Å²) >= 11 is 1.29. The molecule has 2 aromatic heterocycles. The lowest BCUT2D eigenvalue weighted by Gasteiger charge is -2.39. The minimum Gasteiger partial charge on any atom is -0.411 e. The van der Waals surface area contributed by atoms with E-state index in [9.17, 15) is 4.79 Å². The number of aromatic nitrogens is 3. The van der Waals surface area contributed by atoms with E-state index in [2.05, 4.69) is 29.0 Å². The molecule has 3 rings (SSSR count). The van der Waals surface area contributed by atoms with Crippen LogP contribution in [0.2, 0.25) is 0 Å². The first kappa shape index (κ1) is 16.0. The molecule has 0 radical (unpaired) electrons. The van der Waals surface area contributed by atoms with Crippen LogP contribution in [0.15, 0.2) is 34.2 Å². The van der Waals surface area contributed by atoms with Crippen molar-refractivity contribution in [2.45, 2.75) is 50.4 Å². The predicted octanol–water partition coefficient (Wildman–Crippen LogP) is 3.01. The van der Waals surface area contributed by atoms with Gasteiger partial charge in [-0.2, -0.15) is 0 Å². The Labute approximate surface area is 139 Å². The van der Waals surface area contributed by atoms with Crippen LogP contribution in [0.3, 0.4) is 0 Å². The van der Waals surface area contributed by atoms with Gasteiger partial charge in [-0.25, -0.2) is 0 Å².